The fourth-order valence-corrected chi connectivity index (χ4v) is 1.85. The first-order valence-corrected chi connectivity index (χ1v) is 5.31. The summed E-state index contributed by atoms with van der Waals surface area (Å²) in [5, 5.41) is 7.96. The largest absolute Gasteiger partial charge is 0.386 e. The summed E-state index contributed by atoms with van der Waals surface area (Å²) in [7, 11) is 0. The first kappa shape index (κ1) is 11.1. The number of rotatable bonds is 1. The highest BCUT2D eigenvalue weighted by molar-refractivity contribution is 6.31. The minimum absolute atomic E-state index is 0.0925. The van der Waals surface area contributed by atoms with Crippen LogP contribution in [-0.4, -0.2) is 11.5 Å². The summed E-state index contributed by atoms with van der Waals surface area (Å²) in [5.41, 5.74) is 7.15. The molecule has 0 aromatic heterocycles. The van der Waals surface area contributed by atoms with Crippen molar-refractivity contribution in [3.63, 3.8) is 0 Å². The Morgan fingerprint density at radius 3 is 2.81 bits per heavy atom. The van der Waals surface area contributed by atoms with Crippen LogP contribution in [0.25, 0.3) is 0 Å². The predicted molar refractivity (Wildman–Crippen MR) is 63.4 cm³/mol. The normalized spacial score (nSPS) is 20.3. The van der Waals surface area contributed by atoms with Crippen molar-refractivity contribution < 1.29 is 4.39 Å². The first-order valence-electron chi connectivity index (χ1n) is 4.93. The Hall–Kier alpha value is -1.42. The third kappa shape index (κ3) is 2.07. The van der Waals surface area contributed by atoms with Gasteiger partial charge in [0.1, 0.15) is 11.7 Å². The van der Waals surface area contributed by atoms with E-state index < -0.39 is 5.82 Å². The van der Waals surface area contributed by atoms with Crippen LogP contribution in [0.15, 0.2) is 28.4 Å². The van der Waals surface area contributed by atoms with E-state index in [9.17, 15) is 4.39 Å². The van der Waals surface area contributed by atoms with Gasteiger partial charge in [0, 0.05) is 12.3 Å². The lowest BCUT2D eigenvalue weighted by atomic mass is 9.94. The molecule has 1 unspecified atom stereocenters. The van der Waals surface area contributed by atoms with Crippen molar-refractivity contribution in [1.29, 1.82) is 0 Å². The molecule has 1 aromatic carbocycles. The molecule has 5 heteroatoms. The van der Waals surface area contributed by atoms with Gasteiger partial charge in [-0.15, -0.1) is 5.10 Å². The van der Waals surface area contributed by atoms with Gasteiger partial charge in [-0.25, -0.2) is 4.39 Å². The quantitative estimate of drug-likeness (QED) is 0.805. The molecule has 2 rings (SSSR count). The molecule has 0 amide bonds. The second-order valence-electron chi connectivity index (χ2n) is 3.81. The number of hydrogen-bond acceptors (Lipinski definition) is 3. The van der Waals surface area contributed by atoms with Crippen LogP contribution in [0.1, 0.15) is 18.9 Å². The van der Waals surface area contributed by atoms with Gasteiger partial charge in [-0.05, 0) is 17.7 Å². The predicted octanol–water partition coefficient (Wildman–Crippen LogP) is 2.58. The fraction of sp³-hybridized carbons (Fsp3) is 0.273. The smallest absolute Gasteiger partial charge is 0.141 e. The van der Waals surface area contributed by atoms with E-state index in [-0.39, 0.29) is 10.9 Å². The molecule has 1 aliphatic heterocycles. The van der Waals surface area contributed by atoms with Crippen molar-refractivity contribution in [1.82, 2.24) is 0 Å². The zero-order chi connectivity index (χ0) is 11.7. The van der Waals surface area contributed by atoms with Gasteiger partial charge >= 0.3 is 0 Å². The summed E-state index contributed by atoms with van der Waals surface area (Å²) in [6, 6.07) is 4.53. The molecule has 2 N–H and O–H groups in total. The van der Waals surface area contributed by atoms with Crippen molar-refractivity contribution in [2.75, 3.05) is 0 Å². The molecule has 1 atom stereocenters. The first-order chi connectivity index (χ1) is 7.58. The van der Waals surface area contributed by atoms with Crippen LogP contribution in [0.5, 0.6) is 0 Å². The summed E-state index contributed by atoms with van der Waals surface area (Å²) in [5.74, 6) is 0.251. The standard InChI is InChI=1S/C11H11ClFN3/c1-6-4-10(14)15-16-11(6)7-2-3-9(13)8(12)5-7/h2-3,5-6H,4H2,1H3,(H2,14,15). The fourth-order valence-electron chi connectivity index (χ4n) is 1.67. The van der Waals surface area contributed by atoms with Crippen molar-refractivity contribution in [2.45, 2.75) is 13.3 Å². The Morgan fingerprint density at radius 1 is 1.44 bits per heavy atom. The maximum Gasteiger partial charge on any atom is 0.141 e. The van der Waals surface area contributed by atoms with Gasteiger partial charge in [0.25, 0.3) is 0 Å². The molecule has 0 saturated heterocycles. The second-order valence-corrected chi connectivity index (χ2v) is 4.22. The third-order valence-corrected chi connectivity index (χ3v) is 2.77. The van der Waals surface area contributed by atoms with E-state index in [4.69, 9.17) is 17.3 Å². The summed E-state index contributed by atoms with van der Waals surface area (Å²) < 4.78 is 13.0. The monoisotopic (exact) mass is 239 g/mol. The molecule has 0 saturated carbocycles. The van der Waals surface area contributed by atoms with Crippen LogP contribution in [0, 0.1) is 11.7 Å². The summed E-state index contributed by atoms with van der Waals surface area (Å²) >= 11 is 5.72. The van der Waals surface area contributed by atoms with E-state index in [0.717, 1.165) is 11.3 Å². The van der Waals surface area contributed by atoms with Crippen LogP contribution in [0.4, 0.5) is 4.39 Å². The van der Waals surface area contributed by atoms with Gasteiger partial charge < -0.3 is 5.73 Å². The highest BCUT2D eigenvalue weighted by atomic mass is 35.5. The zero-order valence-corrected chi connectivity index (χ0v) is 9.50. The van der Waals surface area contributed by atoms with Crippen LogP contribution >= 0.6 is 11.6 Å². The molecule has 1 aliphatic rings. The van der Waals surface area contributed by atoms with Gasteiger partial charge in [-0.3, -0.25) is 0 Å². The second kappa shape index (κ2) is 4.22. The Kier molecular flexibility index (Phi) is 2.92. The number of halogens is 2. The average Bonchev–Trinajstić information content (AvgIpc) is 2.22. The molecule has 0 bridgehead atoms. The summed E-state index contributed by atoms with van der Waals surface area (Å²) in [4.78, 5) is 0. The number of hydrogen-bond donors (Lipinski definition) is 1. The van der Waals surface area contributed by atoms with Crippen LogP contribution in [-0.2, 0) is 0 Å². The lowest BCUT2D eigenvalue weighted by Gasteiger charge is -2.17. The number of nitrogens with zero attached hydrogens (tertiary/aromatic N) is 2. The van der Waals surface area contributed by atoms with E-state index in [2.05, 4.69) is 10.2 Å². The van der Waals surface area contributed by atoms with Gasteiger partial charge in [0.15, 0.2) is 0 Å². The summed E-state index contributed by atoms with van der Waals surface area (Å²) in [6.45, 7) is 2.00. The van der Waals surface area contributed by atoms with Crippen molar-refractivity contribution in [3.8, 4) is 0 Å². The van der Waals surface area contributed by atoms with Gasteiger partial charge in [-0.1, -0.05) is 24.6 Å². The van der Waals surface area contributed by atoms with Gasteiger partial charge in [0.2, 0.25) is 0 Å². The van der Waals surface area contributed by atoms with E-state index in [0.29, 0.717) is 12.3 Å². The van der Waals surface area contributed by atoms with Crippen LogP contribution in [0.2, 0.25) is 5.02 Å². The highest BCUT2D eigenvalue weighted by Crippen LogP contribution is 2.22. The molecule has 16 heavy (non-hydrogen) atoms. The minimum Gasteiger partial charge on any atom is -0.386 e. The average molecular weight is 240 g/mol. The Bertz CT molecular complexity index is 482. The maximum absolute atomic E-state index is 13.0. The Balaban J connectivity index is 2.41. The molecule has 1 heterocycles. The molecule has 0 aliphatic carbocycles. The SMILES string of the molecule is CC1CC(N)=NN=C1c1ccc(F)c(Cl)c1. The Morgan fingerprint density at radius 2 is 2.19 bits per heavy atom. The van der Waals surface area contributed by atoms with Crippen molar-refractivity contribution >= 4 is 23.1 Å². The Labute approximate surface area is 97.8 Å². The van der Waals surface area contributed by atoms with E-state index in [1.54, 1.807) is 12.1 Å². The van der Waals surface area contributed by atoms with Gasteiger partial charge in [-0.2, -0.15) is 5.10 Å². The lowest BCUT2D eigenvalue weighted by molar-refractivity contribution is 0.628. The maximum atomic E-state index is 13.0. The topological polar surface area (TPSA) is 50.7 Å². The molecule has 1 aromatic rings. The zero-order valence-electron chi connectivity index (χ0n) is 8.74. The number of benzene rings is 1. The van der Waals surface area contributed by atoms with Crippen LogP contribution in [0.3, 0.4) is 0 Å². The summed E-state index contributed by atoms with van der Waals surface area (Å²) in [6.07, 6.45) is 0.661. The molecule has 0 spiro atoms. The van der Waals surface area contributed by atoms with Crippen molar-refractivity contribution in [2.24, 2.45) is 21.9 Å². The lowest BCUT2D eigenvalue weighted by Crippen LogP contribution is -2.25. The number of amidine groups is 1. The molecular weight excluding hydrogens is 229 g/mol. The van der Waals surface area contributed by atoms with E-state index in [1.807, 2.05) is 6.92 Å². The van der Waals surface area contributed by atoms with E-state index in [1.165, 1.54) is 6.07 Å². The highest BCUT2D eigenvalue weighted by Gasteiger charge is 2.19. The van der Waals surface area contributed by atoms with Crippen molar-refractivity contribution in [3.05, 3.63) is 34.6 Å². The molecule has 0 fully saturated rings. The third-order valence-electron chi connectivity index (χ3n) is 2.48. The van der Waals surface area contributed by atoms with Gasteiger partial charge in [0.05, 0.1) is 10.7 Å². The number of nitrogens with two attached hydrogens (primary N) is 1. The van der Waals surface area contributed by atoms with E-state index >= 15 is 0 Å². The molecule has 3 nitrogen and oxygen atoms in total. The minimum atomic E-state index is -0.433. The molecular formula is C11H11ClFN3. The molecule has 84 valence electrons. The molecule has 0 radical (unpaired) electrons. The van der Waals surface area contributed by atoms with Crippen LogP contribution < -0.4 is 5.73 Å².